The third-order valence-corrected chi connectivity index (χ3v) is 3.19. The van der Waals surface area contributed by atoms with Crippen LogP contribution < -0.4 is 5.32 Å². The largest absolute Gasteiger partial charge is 0.444 e. The molecule has 0 aromatic carbocycles. The fourth-order valence-corrected chi connectivity index (χ4v) is 2.22. The van der Waals surface area contributed by atoms with Crippen LogP contribution in [0.25, 0.3) is 0 Å². The van der Waals surface area contributed by atoms with Crippen LogP contribution >= 0.6 is 0 Å². The minimum absolute atomic E-state index is 0.207. The van der Waals surface area contributed by atoms with Crippen LogP contribution in [0, 0.1) is 5.92 Å². The minimum Gasteiger partial charge on any atom is -0.444 e. The van der Waals surface area contributed by atoms with E-state index in [1.54, 1.807) is 17.3 Å². The van der Waals surface area contributed by atoms with Gasteiger partial charge in [-0.05, 0) is 45.2 Å². The standard InChI is InChI=1S/C15H23N3O2/c1-15(2,3)20-14(19)18-8-6-12(11-18)9-17-13-5-4-7-16-10-13/h4-5,7,10,12,17H,6,8-9,11H2,1-3H3/t12-/m0/s1. The van der Waals surface area contributed by atoms with Crippen LogP contribution in [0.5, 0.6) is 0 Å². The molecule has 0 bridgehead atoms. The van der Waals surface area contributed by atoms with E-state index in [2.05, 4.69) is 10.3 Å². The molecule has 1 atom stereocenters. The topological polar surface area (TPSA) is 54.5 Å². The summed E-state index contributed by atoms with van der Waals surface area (Å²) < 4.78 is 5.39. The molecule has 0 saturated carbocycles. The summed E-state index contributed by atoms with van der Waals surface area (Å²) in [5, 5.41) is 3.35. The van der Waals surface area contributed by atoms with E-state index in [1.807, 2.05) is 32.9 Å². The number of rotatable bonds is 3. The Balaban J connectivity index is 1.76. The third kappa shape index (κ3) is 4.40. The molecule has 5 nitrogen and oxygen atoms in total. The molecule has 0 unspecified atom stereocenters. The second kappa shape index (κ2) is 6.11. The van der Waals surface area contributed by atoms with Crippen molar-refractivity contribution in [2.75, 3.05) is 25.0 Å². The van der Waals surface area contributed by atoms with E-state index < -0.39 is 5.60 Å². The minimum atomic E-state index is -0.427. The number of hydrogen-bond acceptors (Lipinski definition) is 4. The van der Waals surface area contributed by atoms with Crippen molar-refractivity contribution < 1.29 is 9.53 Å². The Kier molecular flexibility index (Phi) is 4.47. The number of pyridine rings is 1. The molecular weight excluding hydrogens is 254 g/mol. The third-order valence-electron chi connectivity index (χ3n) is 3.19. The second-order valence-corrected chi connectivity index (χ2v) is 6.20. The van der Waals surface area contributed by atoms with Crippen molar-refractivity contribution in [1.82, 2.24) is 9.88 Å². The van der Waals surface area contributed by atoms with Crippen LogP contribution in [0.1, 0.15) is 27.2 Å². The van der Waals surface area contributed by atoms with Crippen LogP contribution in [0.15, 0.2) is 24.5 Å². The van der Waals surface area contributed by atoms with Gasteiger partial charge in [0.15, 0.2) is 0 Å². The molecule has 1 aliphatic rings. The Morgan fingerprint density at radius 1 is 1.55 bits per heavy atom. The predicted molar refractivity (Wildman–Crippen MR) is 78.6 cm³/mol. The van der Waals surface area contributed by atoms with Crippen molar-refractivity contribution >= 4 is 11.8 Å². The molecule has 20 heavy (non-hydrogen) atoms. The summed E-state index contributed by atoms with van der Waals surface area (Å²) in [6.45, 7) is 8.05. The molecule has 1 fully saturated rings. The average molecular weight is 277 g/mol. The van der Waals surface area contributed by atoms with Crippen LogP contribution in [0.3, 0.4) is 0 Å². The molecule has 1 aliphatic heterocycles. The predicted octanol–water partition coefficient (Wildman–Crippen LogP) is 2.75. The average Bonchev–Trinajstić information content (AvgIpc) is 2.84. The molecule has 110 valence electrons. The lowest BCUT2D eigenvalue weighted by molar-refractivity contribution is 0.0289. The van der Waals surface area contributed by atoms with Crippen molar-refractivity contribution in [3.8, 4) is 0 Å². The van der Waals surface area contributed by atoms with Gasteiger partial charge in [0.05, 0.1) is 5.69 Å². The number of likely N-dealkylation sites (tertiary alicyclic amines) is 1. The van der Waals surface area contributed by atoms with Gasteiger partial charge < -0.3 is 15.0 Å². The van der Waals surface area contributed by atoms with Gasteiger partial charge in [0.2, 0.25) is 0 Å². The molecule has 2 heterocycles. The summed E-state index contributed by atoms with van der Waals surface area (Å²) in [4.78, 5) is 17.8. The maximum atomic E-state index is 12.0. The first-order chi connectivity index (χ1) is 9.44. The number of carbonyl (C=O) groups excluding carboxylic acids is 1. The van der Waals surface area contributed by atoms with E-state index in [9.17, 15) is 4.79 Å². The van der Waals surface area contributed by atoms with Gasteiger partial charge in [-0.2, -0.15) is 0 Å². The van der Waals surface area contributed by atoms with Gasteiger partial charge in [-0.3, -0.25) is 4.98 Å². The van der Waals surface area contributed by atoms with Crippen molar-refractivity contribution in [2.45, 2.75) is 32.8 Å². The lowest BCUT2D eigenvalue weighted by Gasteiger charge is -2.24. The van der Waals surface area contributed by atoms with Crippen molar-refractivity contribution in [3.05, 3.63) is 24.5 Å². The Bertz CT molecular complexity index is 442. The number of aromatic nitrogens is 1. The molecular formula is C15H23N3O2. The highest BCUT2D eigenvalue weighted by Gasteiger charge is 2.29. The molecule has 2 rings (SSSR count). The van der Waals surface area contributed by atoms with Gasteiger partial charge in [0.1, 0.15) is 5.60 Å². The SMILES string of the molecule is CC(C)(C)OC(=O)N1CC[C@@H](CNc2cccnc2)C1. The molecule has 0 aliphatic carbocycles. The number of nitrogens with one attached hydrogen (secondary N) is 1. The smallest absolute Gasteiger partial charge is 0.410 e. The monoisotopic (exact) mass is 277 g/mol. The van der Waals surface area contributed by atoms with E-state index in [0.717, 1.165) is 31.7 Å². The number of anilines is 1. The molecule has 5 heteroatoms. The van der Waals surface area contributed by atoms with Gasteiger partial charge in [-0.15, -0.1) is 0 Å². The van der Waals surface area contributed by atoms with E-state index in [4.69, 9.17) is 4.74 Å². The van der Waals surface area contributed by atoms with Crippen molar-refractivity contribution in [1.29, 1.82) is 0 Å². The summed E-state index contributed by atoms with van der Waals surface area (Å²) in [5.41, 5.74) is 0.589. The number of hydrogen-bond donors (Lipinski definition) is 1. The second-order valence-electron chi connectivity index (χ2n) is 6.20. The summed E-state index contributed by atoms with van der Waals surface area (Å²) >= 11 is 0. The number of amides is 1. The zero-order valence-corrected chi connectivity index (χ0v) is 12.4. The van der Waals surface area contributed by atoms with Crippen LogP contribution in [0.4, 0.5) is 10.5 Å². The highest BCUT2D eigenvalue weighted by Crippen LogP contribution is 2.20. The summed E-state index contributed by atoms with van der Waals surface area (Å²) in [5.74, 6) is 0.461. The first-order valence-electron chi connectivity index (χ1n) is 7.06. The Morgan fingerprint density at radius 2 is 2.35 bits per heavy atom. The molecule has 1 amide bonds. The van der Waals surface area contributed by atoms with E-state index in [1.165, 1.54) is 0 Å². The molecule has 0 radical (unpaired) electrons. The first-order valence-corrected chi connectivity index (χ1v) is 7.06. The van der Waals surface area contributed by atoms with Gasteiger partial charge >= 0.3 is 6.09 Å². The van der Waals surface area contributed by atoms with Crippen molar-refractivity contribution in [3.63, 3.8) is 0 Å². The normalized spacial score (nSPS) is 18.9. The van der Waals surface area contributed by atoms with Gasteiger partial charge in [-0.1, -0.05) is 0 Å². The van der Waals surface area contributed by atoms with Gasteiger partial charge in [-0.25, -0.2) is 4.79 Å². The van der Waals surface area contributed by atoms with Gasteiger partial charge in [0.25, 0.3) is 0 Å². The van der Waals surface area contributed by atoms with E-state index in [-0.39, 0.29) is 6.09 Å². The first kappa shape index (κ1) is 14.6. The van der Waals surface area contributed by atoms with Crippen LogP contribution in [-0.2, 0) is 4.74 Å². The Labute approximate surface area is 120 Å². The maximum absolute atomic E-state index is 12.0. The zero-order valence-electron chi connectivity index (χ0n) is 12.4. The quantitative estimate of drug-likeness (QED) is 0.923. The maximum Gasteiger partial charge on any atom is 0.410 e. The van der Waals surface area contributed by atoms with Crippen molar-refractivity contribution in [2.24, 2.45) is 5.92 Å². The highest BCUT2D eigenvalue weighted by molar-refractivity contribution is 5.68. The number of nitrogens with zero attached hydrogens (tertiary/aromatic N) is 2. The fraction of sp³-hybridized carbons (Fsp3) is 0.600. The zero-order chi connectivity index (χ0) is 14.6. The molecule has 1 aromatic heterocycles. The lowest BCUT2D eigenvalue weighted by atomic mass is 10.1. The Hall–Kier alpha value is -1.78. The van der Waals surface area contributed by atoms with Crippen LogP contribution in [-0.4, -0.2) is 41.2 Å². The number of ether oxygens (including phenoxy) is 1. The van der Waals surface area contributed by atoms with E-state index in [0.29, 0.717) is 5.92 Å². The summed E-state index contributed by atoms with van der Waals surface area (Å²) in [7, 11) is 0. The molecule has 1 N–H and O–H groups in total. The highest BCUT2D eigenvalue weighted by atomic mass is 16.6. The fourth-order valence-electron chi connectivity index (χ4n) is 2.22. The summed E-state index contributed by atoms with van der Waals surface area (Å²) in [6, 6.07) is 3.90. The molecule has 1 aromatic rings. The van der Waals surface area contributed by atoms with Gasteiger partial charge in [0, 0.05) is 32.0 Å². The molecule has 1 saturated heterocycles. The summed E-state index contributed by atoms with van der Waals surface area (Å²) in [6.07, 6.45) is 4.36. The van der Waals surface area contributed by atoms with Crippen LogP contribution in [0.2, 0.25) is 0 Å². The number of carbonyl (C=O) groups is 1. The Morgan fingerprint density at radius 3 is 3.00 bits per heavy atom. The lowest BCUT2D eigenvalue weighted by Crippen LogP contribution is -2.35. The van der Waals surface area contributed by atoms with E-state index >= 15 is 0 Å². The molecule has 0 spiro atoms.